The Kier molecular flexibility index (Phi) is 8.06. The summed E-state index contributed by atoms with van der Waals surface area (Å²) in [6.45, 7) is 7.13. The van der Waals surface area contributed by atoms with Crippen molar-refractivity contribution in [1.29, 1.82) is 0 Å². The summed E-state index contributed by atoms with van der Waals surface area (Å²) < 4.78 is 6.05. The van der Waals surface area contributed by atoms with E-state index in [-0.39, 0.29) is 6.04 Å². The molecule has 0 amide bonds. The third-order valence-corrected chi connectivity index (χ3v) is 7.95. The molecular weight excluding hydrogens is 526 g/mol. The molecule has 2 N–H and O–H groups in total. The Morgan fingerprint density at radius 2 is 1.88 bits per heavy atom. The van der Waals surface area contributed by atoms with Crippen molar-refractivity contribution in [3.63, 3.8) is 0 Å². The summed E-state index contributed by atoms with van der Waals surface area (Å²) in [4.78, 5) is 14.5. The molecule has 208 valence electrons. The number of ether oxygens (including phenoxy) is 1. The van der Waals surface area contributed by atoms with E-state index in [2.05, 4.69) is 46.8 Å². The number of anilines is 2. The van der Waals surface area contributed by atoms with Gasteiger partial charge in [-0.05, 0) is 75.5 Å². The first-order valence-electron chi connectivity index (χ1n) is 13.9. The molecule has 2 aliphatic heterocycles. The zero-order valence-electron chi connectivity index (χ0n) is 22.6. The fourth-order valence-corrected chi connectivity index (χ4v) is 5.79. The number of aryl methyl sites for hydroxylation is 1. The number of piperidine rings is 1. The summed E-state index contributed by atoms with van der Waals surface area (Å²) in [7, 11) is 0. The van der Waals surface area contributed by atoms with Crippen molar-refractivity contribution in [1.82, 2.24) is 35.5 Å². The quantitative estimate of drug-likeness (QED) is 0.291. The second-order valence-electron chi connectivity index (χ2n) is 10.6. The molecule has 1 fully saturated rings. The van der Waals surface area contributed by atoms with E-state index in [0.717, 1.165) is 80.0 Å². The largest absolute Gasteiger partial charge is 0.457 e. The molecule has 2 aromatic heterocycles. The lowest BCUT2D eigenvalue weighted by molar-refractivity contribution is 0.186. The van der Waals surface area contributed by atoms with Gasteiger partial charge in [-0.15, -0.1) is 10.2 Å². The maximum Gasteiger partial charge on any atom is 0.175 e. The predicted octanol–water partition coefficient (Wildman–Crippen LogP) is 5.06. The van der Waals surface area contributed by atoms with Gasteiger partial charge in [0.15, 0.2) is 5.82 Å². The highest BCUT2D eigenvalue weighted by Crippen LogP contribution is 2.36. The number of halogens is 1. The number of nitrogens with one attached hydrogen (secondary N) is 2. The molecule has 0 radical (unpaired) electrons. The summed E-state index contributed by atoms with van der Waals surface area (Å²) in [5.41, 5.74) is 2.15. The molecule has 0 aliphatic carbocycles. The number of rotatable bonds is 9. The van der Waals surface area contributed by atoms with Gasteiger partial charge in [0.05, 0.1) is 6.04 Å². The molecule has 6 rings (SSSR count). The number of aromatic amines is 1. The van der Waals surface area contributed by atoms with E-state index in [1.807, 2.05) is 55.6 Å². The highest BCUT2D eigenvalue weighted by molar-refractivity contribution is 6.30. The van der Waals surface area contributed by atoms with E-state index in [9.17, 15) is 0 Å². The molecule has 0 spiro atoms. The molecule has 2 aliphatic rings. The smallest absolute Gasteiger partial charge is 0.175 e. The summed E-state index contributed by atoms with van der Waals surface area (Å²) >= 11 is 6.12. The van der Waals surface area contributed by atoms with Gasteiger partial charge in [0.25, 0.3) is 0 Å². The topological polar surface area (TPSA) is 108 Å². The van der Waals surface area contributed by atoms with E-state index in [0.29, 0.717) is 16.7 Å². The fraction of sp³-hybridized carbons (Fsp3) is 0.414. The van der Waals surface area contributed by atoms with Gasteiger partial charge in [-0.25, -0.2) is 9.97 Å². The number of benzene rings is 2. The van der Waals surface area contributed by atoms with E-state index >= 15 is 0 Å². The molecule has 40 heavy (non-hydrogen) atoms. The van der Waals surface area contributed by atoms with Crippen LogP contribution in [-0.4, -0.2) is 68.2 Å². The number of aromatic nitrogens is 6. The molecule has 1 atom stereocenters. The standard InChI is InChI=1S/C29H34ClN9O/c1-20-31-18-26-27(33-23-5-3-7-25(17-23)40-24-6-2-4-22(30)16-24)10-15-39(29(26)32-20)19-21-8-12-38(13-9-21)14-11-28-34-36-37-35-28/h2-7,16-18,21,27,33H,8-15,19H2,1H3,(H,34,35,36,37). The van der Waals surface area contributed by atoms with Crippen molar-refractivity contribution in [2.24, 2.45) is 5.92 Å². The minimum absolute atomic E-state index is 0.125. The second-order valence-corrected chi connectivity index (χ2v) is 11.0. The normalized spacial score (nSPS) is 17.9. The van der Waals surface area contributed by atoms with Crippen LogP contribution in [0.1, 0.15) is 42.5 Å². The molecule has 1 unspecified atom stereocenters. The van der Waals surface area contributed by atoms with Gasteiger partial charge >= 0.3 is 0 Å². The van der Waals surface area contributed by atoms with Gasteiger partial charge in [0, 0.05) is 54.6 Å². The van der Waals surface area contributed by atoms with Gasteiger partial charge in [-0.2, -0.15) is 5.21 Å². The first kappa shape index (κ1) is 26.5. The van der Waals surface area contributed by atoms with Crippen molar-refractivity contribution >= 4 is 23.1 Å². The van der Waals surface area contributed by atoms with Crippen LogP contribution in [0.4, 0.5) is 11.5 Å². The van der Waals surface area contributed by atoms with E-state index in [1.54, 1.807) is 0 Å². The highest BCUT2D eigenvalue weighted by Gasteiger charge is 2.30. The molecular formula is C29H34ClN9O. The Bertz CT molecular complexity index is 1410. The van der Waals surface area contributed by atoms with Crippen molar-refractivity contribution in [2.75, 3.05) is 42.9 Å². The lowest BCUT2D eigenvalue weighted by atomic mass is 9.93. The van der Waals surface area contributed by atoms with Crippen molar-refractivity contribution in [3.05, 3.63) is 77.0 Å². The number of hydrogen-bond donors (Lipinski definition) is 2. The second kappa shape index (κ2) is 12.2. The number of tetrazole rings is 1. The van der Waals surface area contributed by atoms with Crippen LogP contribution < -0.4 is 15.0 Å². The molecule has 0 saturated carbocycles. The van der Waals surface area contributed by atoms with Crippen LogP contribution in [0.3, 0.4) is 0 Å². The molecule has 10 nitrogen and oxygen atoms in total. The monoisotopic (exact) mass is 559 g/mol. The van der Waals surface area contributed by atoms with Crippen LogP contribution in [-0.2, 0) is 6.42 Å². The van der Waals surface area contributed by atoms with Crippen LogP contribution >= 0.6 is 11.6 Å². The minimum Gasteiger partial charge on any atom is -0.457 e. The average Bonchev–Trinajstić information content (AvgIpc) is 3.48. The lowest BCUT2D eigenvalue weighted by Gasteiger charge is -2.39. The number of fused-ring (bicyclic) bond motifs is 1. The van der Waals surface area contributed by atoms with Crippen LogP contribution in [0.2, 0.25) is 5.02 Å². The Morgan fingerprint density at radius 1 is 1.05 bits per heavy atom. The van der Waals surface area contributed by atoms with Crippen molar-refractivity contribution in [3.8, 4) is 11.5 Å². The number of nitrogens with zero attached hydrogens (tertiary/aromatic N) is 7. The van der Waals surface area contributed by atoms with Crippen molar-refractivity contribution in [2.45, 2.75) is 38.6 Å². The SMILES string of the molecule is Cc1ncc2c(n1)N(CC1CCN(CCc3nn[nH]n3)CC1)CCC2Nc1cccc(Oc2cccc(Cl)c2)c1. The minimum atomic E-state index is 0.125. The van der Waals surface area contributed by atoms with E-state index in [4.69, 9.17) is 21.3 Å². The zero-order chi connectivity index (χ0) is 27.3. The Morgan fingerprint density at radius 3 is 2.67 bits per heavy atom. The van der Waals surface area contributed by atoms with E-state index in [1.165, 1.54) is 12.8 Å². The lowest BCUT2D eigenvalue weighted by Crippen LogP contribution is -2.42. The molecule has 11 heteroatoms. The fourth-order valence-electron chi connectivity index (χ4n) is 5.61. The number of likely N-dealkylation sites (tertiary alicyclic amines) is 1. The van der Waals surface area contributed by atoms with Crippen molar-refractivity contribution < 1.29 is 4.74 Å². The van der Waals surface area contributed by atoms with Gasteiger partial charge in [0.2, 0.25) is 0 Å². The Balaban J connectivity index is 1.08. The maximum atomic E-state index is 6.12. The summed E-state index contributed by atoms with van der Waals surface area (Å²) in [5.74, 6) is 4.76. The number of H-pyrrole nitrogens is 1. The molecule has 1 saturated heterocycles. The molecule has 2 aromatic carbocycles. The van der Waals surface area contributed by atoms with Crippen LogP contribution in [0, 0.1) is 12.8 Å². The summed E-state index contributed by atoms with van der Waals surface area (Å²) in [5, 5.41) is 18.7. The zero-order valence-corrected chi connectivity index (χ0v) is 23.4. The molecule has 0 bridgehead atoms. The van der Waals surface area contributed by atoms with Crippen LogP contribution in [0.25, 0.3) is 0 Å². The summed E-state index contributed by atoms with van der Waals surface area (Å²) in [6, 6.07) is 15.6. The predicted molar refractivity (Wildman–Crippen MR) is 155 cm³/mol. The van der Waals surface area contributed by atoms with Gasteiger partial charge in [0.1, 0.15) is 23.1 Å². The summed E-state index contributed by atoms with van der Waals surface area (Å²) in [6.07, 6.45) is 6.17. The van der Waals surface area contributed by atoms with E-state index < -0.39 is 0 Å². The molecule has 4 aromatic rings. The third kappa shape index (κ3) is 6.51. The average molecular weight is 560 g/mol. The van der Waals surface area contributed by atoms with Crippen LogP contribution in [0.15, 0.2) is 54.7 Å². The Labute approximate surface area is 239 Å². The highest BCUT2D eigenvalue weighted by atomic mass is 35.5. The first-order valence-corrected chi connectivity index (χ1v) is 14.3. The first-order chi connectivity index (χ1) is 19.6. The van der Waals surface area contributed by atoms with Crippen LogP contribution in [0.5, 0.6) is 11.5 Å². The Hall–Kier alpha value is -3.76. The maximum absolute atomic E-state index is 6.12. The number of hydrogen-bond acceptors (Lipinski definition) is 9. The molecule has 4 heterocycles. The van der Waals surface area contributed by atoms with Gasteiger partial charge in [-0.1, -0.05) is 28.9 Å². The van der Waals surface area contributed by atoms with Gasteiger partial charge < -0.3 is 19.9 Å². The third-order valence-electron chi connectivity index (χ3n) is 7.71. The van der Waals surface area contributed by atoms with Gasteiger partial charge in [-0.3, -0.25) is 0 Å².